The second-order valence-corrected chi connectivity index (χ2v) is 10.9. The van der Waals surface area contributed by atoms with E-state index in [4.69, 9.17) is 4.74 Å². The molecule has 0 heterocycles. The van der Waals surface area contributed by atoms with Gasteiger partial charge in [0.25, 0.3) is 0 Å². The van der Waals surface area contributed by atoms with Crippen molar-refractivity contribution < 1.29 is 9.13 Å². The van der Waals surface area contributed by atoms with E-state index in [1.807, 2.05) is 13.0 Å². The zero-order chi connectivity index (χ0) is 23.3. The molecule has 1 unspecified atom stereocenters. The average molecular weight is 457 g/mol. The second-order valence-electron chi connectivity index (χ2n) is 10.9. The molecule has 0 radical (unpaired) electrons. The molecule has 1 atom stereocenters. The molecule has 3 rings (SSSR count). The smallest absolute Gasteiger partial charge is 0.165 e. The molecule has 0 aromatic heterocycles. The number of ether oxygens (including phenoxy) is 1. The lowest BCUT2D eigenvalue weighted by atomic mass is 9.76. The van der Waals surface area contributed by atoms with Gasteiger partial charge in [-0.3, -0.25) is 0 Å². The first kappa shape index (κ1) is 26.3. The summed E-state index contributed by atoms with van der Waals surface area (Å²) < 4.78 is 19.6. The first-order chi connectivity index (χ1) is 16.2. The van der Waals surface area contributed by atoms with E-state index in [1.165, 1.54) is 89.9 Å². The van der Waals surface area contributed by atoms with Crippen molar-refractivity contribution in [2.75, 3.05) is 6.61 Å². The van der Waals surface area contributed by atoms with Gasteiger partial charge in [0.1, 0.15) is 0 Å². The van der Waals surface area contributed by atoms with Gasteiger partial charge in [-0.25, -0.2) is 4.39 Å². The maximum atomic E-state index is 14.2. The van der Waals surface area contributed by atoms with E-state index < -0.39 is 0 Å². The van der Waals surface area contributed by atoms with Gasteiger partial charge in [-0.15, -0.1) is 0 Å². The lowest BCUT2D eigenvalue weighted by molar-refractivity contribution is 0.234. The number of hydrogen-bond donors (Lipinski definition) is 0. The Morgan fingerprint density at radius 2 is 1.58 bits per heavy atom. The molecule has 2 aliphatic rings. The van der Waals surface area contributed by atoms with Gasteiger partial charge in [0.05, 0.1) is 6.61 Å². The van der Waals surface area contributed by atoms with Gasteiger partial charge in [0, 0.05) is 0 Å². The number of allylic oxidation sites excluding steroid dienone is 2. The zero-order valence-corrected chi connectivity index (χ0v) is 21.6. The minimum Gasteiger partial charge on any atom is -0.491 e. The molecule has 186 valence electrons. The van der Waals surface area contributed by atoms with Crippen molar-refractivity contribution in [1.29, 1.82) is 0 Å². The molecule has 1 fully saturated rings. The van der Waals surface area contributed by atoms with E-state index in [0.717, 1.165) is 42.6 Å². The van der Waals surface area contributed by atoms with Gasteiger partial charge in [-0.1, -0.05) is 95.8 Å². The van der Waals surface area contributed by atoms with E-state index in [-0.39, 0.29) is 5.82 Å². The zero-order valence-electron chi connectivity index (χ0n) is 21.6. The van der Waals surface area contributed by atoms with Crippen LogP contribution in [0.15, 0.2) is 29.8 Å². The second kappa shape index (κ2) is 14.8. The SMILES string of the molecule is CCCCCC[C@H]1CC[C@H](CCC2CC=C(CCc3ccc(OCCC)c(F)c3)CC2)CC1. The highest BCUT2D eigenvalue weighted by Gasteiger charge is 2.22. The molecule has 0 saturated heterocycles. The van der Waals surface area contributed by atoms with Crippen LogP contribution in [0.2, 0.25) is 0 Å². The Hall–Kier alpha value is -1.31. The van der Waals surface area contributed by atoms with Gasteiger partial charge >= 0.3 is 0 Å². The number of halogens is 1. The summed E-state index contributed by atoms with van der Waals surface area (Å²) in [5.74, 6) is 3.10. The van der Waals surface area contributed by atoms with Crippen molar-refractivity contribution in [2.45, 2.75) is 123 Å². The predicted octanol–water partition coefficient (Wildman–Crippen LogP) is 9.83. The highest BCUT2D eigenvalue weighted by Crippen LogP contribution is 2.37. The van der Waals surface area contributed by atoms with Crippen LogP contribution in [0.4, 0.5) is 4.39 Å². The maximum Gasteiger partial charge on any atom is 0.165 e. The number of rotatable bonds is 14. The van der Waals surface area contributed by atoms with Crippen LogP contribution >= 0.6 is 0 Å². The molecule has 1 aromatic rings. The molecule has 1 saturated carbocycles. The monoisotopic (exact) mass is 456 g/mol. The summed E-state index contributed by atoms with van der Waals surface area (Å²) in [6.45, 7) is 4.92. The minimum atomic E-state index is -0.218. The van der Waals surface area contributed by atoms with Crippen LogP contribution in [-0.2, 0) is 6.42 Å². The Bertz CT molecular complexity index is 701. The van der Waals surface area contributed by atoms with Gasteiger partial charge in [-0.2, -0.15) is 0 Å². The molecule has 0 amide bonds. The van der Waals surface area contributed by atoms with Crippen LogP contribution in [-0.4, -0.2) is 6.61 Å². The van der Waals surface area contributed by atoms with Crippen molar-refractivity contribution >= 4 is 0 Å². The molecule has 0 bridgehead atoms. The van der Waals surface area contributed by atoms with Gasteiger partial charge < -0.3 is 4.74 Å². The van der Waals surface area contributed by atoms with Gasteiger partial charge in [0.2, 0.25) is 0 Å². The quantitative estimate of drug-likeness (QED) is 0.200. The molecule has 0 spiro atoms. The topological polar surface area (TPSA) is 9.23 Å². The van der Waals surface area contributed by atoms with Crippen LogP contribution in [0.5, 0.6) is 5.75 Å². The first-order valence-electron chi connectivity index (χ1n) is 14.3. The molecular weight excluding hydrogens is 407 g/mol. The van der Waals surface area contributed by atoms with E-state index in [2.05, 4.69) is 13.0 Å². The van der Waals surface area contributed by atoms with Crippen LogP contribution in [0.25, 0.3) is 0 Å². The largest absolute Gasteiger partial charge is 0.491 e. The van der Waals surface area contributed by atoms with E-state index >= 15 is 0 Å². The summed E-state index contributed by atoms with van der Waals surface area (Å²) in [5.41, 5.74) is 2.67. The number of hydrogen-bond acceptors (Lipinski definition) is 1. The fourth-order valence-electron chi connectivity index (χ4n) is 5.91. The van der Waals surface area contributed by atoms with Gasteiger partial charge in [-0.05, 0) is 80.4 Å². The predicted molar refractivity (Wildman–Crippen MR) is 139 cm³/mol. The highest BCUT2D eigenvalue weighted by molar-refractivity contribution is 5.30. The fourth-order valence-corrected chi connectivity index (χ4v) is 5.91. The summed E-state index contributed by atoms with van der Waals surface area (Å²) >= 11 is 0. The third kappa shape index (κ3) is 9.45. The normalized spacial score (nSPS) is 23.4. The third-order valence-corrected chi connectivity index (χ3v) is 8.22. The summed E-state index contributed by atoms with van der Waals surface area (Å²) in [6, 6.07) is 5.49. The summed E-state index contributed by atoms with van der Waals surface area (Å²) in [4.78, 5) is 0. The third-order valence-electron chi connectivity index (χ3n) is 8.22. The van der Waals surface area contributed by atoms with Crippen molar-refractivity contribution in [2.24, 2.45) is 17.8 Å². The standard InChI is InChI=1S/C31H49FO/c1-3-5-6-7-8-25-9-11-26(12-10-25)13-14-27-15-17-28(18-16-27)19-20-29-21-22-31(30(32)24-29)33-23-4-2/h17,21-22,24-27H,3-16,18-20,23H2,1-2H3/t25-,26-,27?. The number of unbranched alkanes of at least 4 members (excludes halogenated alkanes) is 3. The van der Waals surface area contributed by atoms with Crippen LogP contribution < -0.4 is 4.74 Å². The summed E-state index contributed by atoms with van der Waals surface area (Å²) in [6.07, 6.45) is 25.3. The van der Waals surface area contributed by atoms with E-state index in [1.54, 1.807) is 17.7 Å². The van der Waals surface area contributed by atoms with E-state index in [9.17, 15) is 4.39 Å². The Kier molecular flexibility index (Phi) is 11.8. The lowest BCUT2D eigenvalue weighted by Crippen LogP contribution is -2.16. The van der Waals surface area contributed by atoms with Crippen LogP contribution in [0.3, 0.4) is 0 Å². The Morgan fingerprint density at radius 1 is 0.818 bits per heavy atom. The molecule has 1 aromatic carbocycles. The lowest BCUT2D eigenvalue weighted by Gasteiger charge is -2.30. The average Bonchev–Trinajstić information content (AvgIpc) is 2.85. The number of aryl methyl sites for hydroxylation is 1. The molecule has 2 aliphatic carbocycles. The Morgan fingerprint density at radius 3 is 2.24 bits per heavy atom. The maximum absolute atomic E-state index is 14.2. The molecule has 33 heavy (non-hydrogen) atoms. The molecule has 1 nitrogen and oxygen atoms in total. The van der Waals surface area contributed by atoms with Crippen molar-refractivity contribution in [1.82, 2.24) is 0 Å². The number of benzene rings is 1. The summed E-state index contributed by atoms with van der Waals surface area (Å²) in [7, 11) is 0. The Balaban J connectivity index is 1.29. The van der Waals surface area contributed by atoms with Crippen molar-refractivity contribution in [3.05, 3.63) is 41.2 Å². The van der Waals surface area contributed by atoms with Crippen molar-refractivity contribution in [3.8, 4) is 5.75 Å². The van der Waals surface area contributed by atoms with Gasteiger partial charge in [0.15, 0.2) is 11.6 Å². The summed E-state index contributed by atoms with van der Waals surface area (Å²) in [5, 5.41) is 0. The van der Waals surface area contributed by atoms with Crippen LogP contribution in [0.1, 0.15) is 122 Å². The first-order valence-corrected chi connectivity index (χ1v) is 14.3. The molecule has 0 N–H and O–H groups in total. The Labute approximate surface area is 203 Å². The van der Waals surface area contributed by atoms with Crippen molar-refractivity contribution in [3.63, 3.8) is 0 Å². The van der Waals surface area contributed by atoms with Crippen LogP contribution in [0, 0.1) is 23.6 Å². The van der Waals surface area contributed by atoms with E-state index in [0.29, 0.717) is 12.4 Å². The minimum absolute atomic E-state index is 0.218. The highest BCUT2D eigenvalue weighted by atomic mass is 19.1. The fraction of sp³-hybridized carbons (Fsp3) is 0.742. The molecule has 0 aliphatic heterocycles. The molecule has 2 heteroatoms. The molecular formula is C31H49FO.